The summed E-state index contributed by atoms with van der Waals surface area (Å²) in [6, 6.07) is 12.9. The quantitative estimate of drug-likeness (QED) is 0.282. The van der Waals surface area contributed by atoms with Crippen molar-refractivity contribution in [1.82, 2.24) is 24.5 Å². The van der Waals surface area contributed by atoms with E-state index in [1.165, 1.54) is 16.6 Å². The predicted octanol–water partition coefficient (Wildman–Crippen LogP) is 5.88. The summed E-state index contributed by atoms with van der Waals surface area (Å²) in [7, 11) is 1.94. The topological polar surface area (TPSA) is 74.8 Å². The molecule has 0 N–H and O–H groups in total. The van der Waals surface area contributed by atoms with E-state index in [2.05, 4.69) is 52.1 Å². The highest BCUT2D eigenvalue weighted by atomic mass is 32.1. The summed E-state index contributed by atoms with van der Waals surface area (Å²) in [6.45, 7) is 7.33. The molecule has 0 amide bonds. The lowest BCUT2D eigenvalue weighted by Gasteiger charge is -2.33. The molecule has 0 spiro atoms. The van der Waals surface area contributed by atoms with Gasteiger partial charge in [0.15, 0.2) is 5.78 Å². The maximum atomic E-state index is 12.4. The van der Waals surface area contributed by atoms with Crippen LogP contribution < -0.4 is 0 Å². The molecule has 6 rings (SSSR count). The van der Waals surface area contributed by atoms with Gasteiger partial charge in [0.2, 0.25) is 0 Å². The number of thiophene rings is 1. The molecule has 1 atom stereocenters. The Hall–Kier alpha value is -3.36. The third kappa shape index (κ3) is 3.59. The summed E-state index contributed by atoms with van der Waals surface area (Å²) in [5.41, 5.74) is 8.18. The van der Waals surface area contributed by atoms with Crippen molar-refractivity contribution in [2.75, 3.05) is 13.2 Å². The molecule has 184 valence electrons. The van der Waals surface area contributed by atoms with E-state index in [4.69, 9.17) is 9.72 Å². The SMILES string of the molecule is CC(=O)c1cnc2c3sc(-c4c(C)nnn4C)c(C)c3n(C(c3ccccc3)C3CCOCC3)c2c1. The Morgan fingerprint density at radius 1 is 1.17 bits per heavy atom. The smallest absolute Gasteiger partial charge is 0.161 e. The molecule has 0 aliphatic carbocycles. The molecule has 1 aliphatic heterocycles. The zero-order valence-electron chi connectivity index (χ0n) is 21.0. The van der Waals surface area contributed by atoms with Gasteiger partial charge in [-0.15, -0.1) is 16.4 Å². The summed E-state index contributed by atoms with van der Waals surface area (Å²) in [4.78, 5) is 18.4. The number of ketones is 1. The fourth-order valence-electron chi connectivity index (χ4n) is 5.68. The van der Waals surface area contributed by atoms with Gasteiger partial charge >= 0.3 is 0 Å². The van der Waals surface area contributed by atoms with Crippen molar-refractivity contribution in [3.8, 4) is 10.6 Å². The van der Waals surface area contributed by atoms with Crippen LogP contribution in [0.25, 0.3) is 31.8 Å². The number of hydrogen-bond acceptors (Lipinski definition) is 6. The van der Waals surface area contributed by atoms with E-state index >= 15 is 0 Å². The van der Waals surface area contributed by atoms with Crippen molar-refractivity contribution in [3.63, 3.8) is 0 Å². The summed E-state index contributed by atoms with van der Waals surface area (Å²) in [6.07, 6.45) is 3.69. The molecule has 5 aromatic rings. The molecule has 5 heterocycles. The number of ether oxygens (including phenoxy) is 1. The van der Waals surface area contributed by atoms with Crippen LogP contribution in [0.5, 0.6) is 0 Å². The minimum atomic E-state index is 0.0248. The third-order valence-electron chi connectivity index (χ3n) is 7.45. The summed E-state index contributed by atoms with van der Waals surface area (Å²) in [5.74, 6) is 0.431. The number of benzene rings is 1. The van der Waals surface area contributed by atoms with Crippen molar-refractivity contribution < 1.29 is 9.53 Å². The Morgan fingerprint density at radius 3 is 2.58 bits per heavy atom. The van der Waals surface area contributed by atoms with Gasteiger partial charge in [-0.25, -0.2) is 4.68 Å². The first kappa shape index (κ1) is 23.1. The first-order chi connectivity index (χ1) is 17.5. The molecule has 7 nitrogen and oxygen atoms in total. The van der Waals surface area contributed by atoms with Gasteiger partial charge < -0.3 is 9.30 Å². The largest absolute Gasteiger partial charge is 0.381 e. The van der Waals surface area contributed by atoms with Crippen LogP contribution >= 0.6 is 11.3 Å². The number of rotatable bonds is 5. The highest BCUT2D eigenvalue weighted by molar-refractivity contribution is 7.23. The second-order valence-corrected chi connectivity index (χ2v) is 10.7. The van der Waals surface area contributed by atoms with Crippen LogP contribution in [0, 0.1) is 19.8 Å². The molecule has 0 bridgehead atoms. The molecule has 1 aromatic carbocycles. The van der Waals surface area contributed by atoms with Gasteiger partial charge in [0, 0.05) is 32.0 Å². The fourth-order valence-corrected chi connectivity index (χ4v) is 7.11. The lowest BCUT2D eigenvalue weighted by atomic mass is 9.86. The molecule has 1 aliphatic rings. The summed E-state index contributed by atoms with van der Waals surface area (Å²) in [5, 5.41) is 8.57. The minimum absolute atomic E-state index is 0.0248. The van der Waals surface area contributed by atoms with Gasteiger partial charge in [0.05, 0.1) is 32.3 Å². The van der Waals surface area contributed by atoms with E-state index in [-0.39, 0.29) is 11.8 Å². The highest BCUT2D eigenvalue weighted by Crippen LogP contribution is 2.47. The van der Waals surface area contributed by atoms with Crippen LogP contribution in [0.4, 0.5) is 0 Å². The molecule has 8 heteroatoms. The molecular formula is C28H29N5O2S. The fraction of sp³-hybridized carbons (Fsp3) is 0.357. The minimum Gasteiger partial charge on any atom is -0.381 e. The number of aromatic nitrogens is 5. The second-order valence-electron chi connectivity index (χ2n) is 9.70. The zero-order chi connectivity index (χ0) is 25.0. The Kier molecular flexibility index (Phi) is 5.73. The molecule has 0 radical (unpaired) electrons. The van der Waals surface area contributed by atoms with Crippen LogP contribution in [0.1, 0.15) is 53.0 Å². The zero-order valence-corrected chi connectivity index (χ0v) is 21.8. The molecular weight excluding hydrogens is 470 g/mol. The average Bonchev–Trinajstić information content (AvgIpc) is 3.51. The summed E-state index contributed by atoms with van der Waals surface area (Å²) < 4.78 is 11.2. The Morgan fingerprint density at radius 2 is 1.92 bits per heavy atom. The lowest BCUT2D eigenvalue weighted by molar-refractivity contribution is 0.0553. The van der Waals surface area contributed by atoms with E-state index in [0.717, 1.165) is 58.1 Å². The van der Waals surface area contributed by atoms with E-state index < -0.39 is 0 Å². The van der Waals surface area contributed by atoms with Crippen LogP contribution in [-0.2, 0) is 11.8 Å². The van der Waals surface area contributed by atoms with Crippen molar-refractivity contribution in [1.29, 1.82) is 0 Å². The van der Waals surface area contributed by atoms with Gasteiger partial charge in [-0.1, -0.05) is 35.5 Å². The number of carbonyl (C=O) groups is 1. The van der Waals surface area contributed by atoms with Crippen LogP contribution in [-0.4, -0.2) is 43.5 Å². The Labute approximate surface area is 213 Å². The number of fused-ring (bicyclic) bond motifs is 3. The molecule has 36 heavy (non-hydrogen) atoms. The Balaban J connectivity index is 1.71. The normalized spacial score (nSPS) is 15.7. The number of pyridine rings is 1. The number of nitrogens with zero attached hydrogens (tertiary/aromatic N) is 5. The van der Waals surface area contributed by atoms with E-state index in [0.29, 0.717) is 11.5 Å². The number of Topliss-reactive ketones (excluding diaryl/α,β-unsaturated/α-hetero) is 1. The summed E-state index contributed by atoms with van der Waals surface area (Å²) >= 11 is 1.74. The van der Waals surface area contributed by atoms with Gasteiger partial charge in [0.1, 0.15) is 11.2 Å². The molecule has 1 saturated heterocycles. The maximum Gasteiger partial charge on any atom is 0.161 e. The van der Waals surface area contributed by atoms with Crippen molar-refractivity contribution >= 4 is 38.4 Å². The maximum absolute atomic E-state index is 12.4. The van der Waals surface area contributed by atoms with Crippen molar-refractivity contribution in [2.45, 2.75) is 39.7 Å². The monoisotopic (exact) mass is 499 g/mol. The van der Waals surface area contributed by atoms with E-state index in [1.54, 1.807) is 24.5 Å². The number of aryl methyl sites for hydroxylation is 3. The standard InChI is InChI=1S/C28H29N5O2S/c1-16-24-28(36-27(16)25-17(2)30-31-32(25)4)23-22(14-21(15-29-23)18(3)34)33(24)26(19-8-6-5-7-9-19)20-10-12-35-13-11-20/h5-9,14-15,20,26H,10-13H2,1-4H3. The average molecular weight is 500 g/mol. The van der Waals surface area contributed by atoms with Crippen molar-refractivity contribution in [3.05, 3.63) is 65.0 Å². The van der Waals surface area contributed by atoms with Gasteiger partial charge in [0.25, 0.3) is 0 Å². The molecule has 1 fully saturated rings. The Bertz CT molecular complexity index is 1570. The first-order valence-electron chi connectivity index (χ1n) is 12.4. The second kappa shape index (κ2) is 8.94. The highest BCUT2D eigenvalue weighted by Gasteiger charge is 2.32. The van der Waals surface area contributed by atoms with Crippen LogP contribution in [0.3, 0.4) is 0 Å². The van der Waals surface area contributed by atoms with Crippen molar-refractivity contribution in [2.24, 2.45) is 13.0 Å². The predicted molar refractivity (Wildman–Crippen MR) is 143 cm³/mol. The van der Waals surface area contributed by atoms with E-state index in [1.807, 2.05) is 24.7 Å². The molecule has 4 aromatic heterocycles. The lowest BCUT2D eigenvalue weighted by Crippen LogP contribution is -2.27. The van der Waals surface area contributed by atoms with Gasteiger partial charge in [-0.3, -0.25) is 9.78 Å². The number of carbonyl (C=O) groups excluding carboxylic acids is 1. The molecule has 1 unspecified atom stereocenters. The number of hydrogen-bond donors (Lipinski definition) is 0. The third-order valence-corrected chi connectivity index (χ3v) is 8.74. The van der Waals surface area contributed by atoms with Crippen LogP contribution in [0.2, 0.25) is 0 Å². The van der Waals surface area contributed by atoms with E-state index in [9.17, 15) is 4.79 Å². The first-order valence-corrected chi connectivity index (χ1v) is 13.2. The van der Waals surface area contributed by atoms with Gasteiger partial charge in [-0.2, -0.15) is 0 Å². The van der Waals surface area contributed by atoms with Gasteiger partial charge in [-0.05, 0) is 56.7 Å². The molecule has 0 saturated carbocycles. The van der Waals surface area contributed by atoms with Crippen LogP contribution in [0.15, 0.2) is 42.6 Å².